The van der Waals surface area contributed by atoms with Crippen LogP contribution in [0.1, 0.15) is 28.7 Å². The molecule has 2 N–H and O–H groups in total. The summed E-state index contributed by atoms with van der Waals surface area (Å²) in [5.74, 6) is 1.73. The number of nitrogens with one attached hydrogen (secondary N) is 2. The normalized spacial score (nSPS) is 11.9. The Balaban J connectivity index is 1.32. The van der Waals surface area contributed by atoms with Crippen molar-refractivity contribution >= 4 is 29.3 Å². The first-order valence-electron chi connectivity index (χ1n) is 10.1. The number of fused-ring (bicyclic) bond motifs is 1. The standard InChI is InChI=1S/C22H23N5O4S/c1-3-27-19(11-23-21(29)15-6-4-5-14(2)9-15)25-26-22(27)32-12-20(28)24-16-7-8-17-18(10-16)31-13-30-17/h4-10H,3,11-13H2,1-2H3,(H,23,29)(H,24,28). The molecule has 0 saturated carbocycles. The van der Waals surface area contributed by atoms with Gasteiger partial charge in [0.05, 0.1) is 12.3 Å². The van der Waals surface area contributed by atoms with Crippen molar-refractivity contribution < 1.29 is 19.1 Å². The lowest BCUT2D eigenvalue weighted by molar-refractivity contribution is -0.113. The fraction of sp³-hybridized carbons (Fsp3) is 0.273. The van der Waals surface area contributed by atoms with Crippen LogP contribution < -0.4 is 20.1 Å². The Kier molecular flexibility index (Phi) is 6.60. The largest absolute Gasteiger partial charge is 0.454 e. The monoisotopic (exact) mass is 453 g/mol. The van der Waals surface area contributed by atoms with E-state index < -0.39 is 0 Å². The van der Waals surface area contributed by atoms with Crippen LogP contribution in [0.15, 0.2) is 47.6 Å². The number of nitrogens with zero attached hydrogens (tertiary/aromatic N) is 3. The number of benzene rings is 2. The van der Waals surface area contributed by atoms with Crippen molar-refractivity contribution in [3.8, 4) is 11.5 Å². The molecule has 1 aliphatic heterocycles. The van der Waals surface area contributed by atoms with Gasteiger partial charge in [-0.1, -0.05) is 29.5 Å². The van der Waals surface area contributed by atoms with Gasteiger partial charge in [0, 0.05) is 23.9 Å². The van der Waals surface area contributed by atoms with Crippen molar-refractivity contribution in [2.75, 3.05) is 17.9 Å². The average molecular weight is 454 g/mol. The minimum Gasteiger partial charge on any atom is -0.454 e. The van der Waals surface area contributed by atoms with Gasteiger partial charge in [-0.15, -0.1) is 10.2 Å². The quantitative estimate of drug-likeness (QED) is 0.505. The van der Waals surface area contributed by atoms with Crippen LogP contribution in [0.4, 0.5) is 5.69 Å². The Morgan fingerprint density at radius 2 is 1.97 bits per heavy atom. The van der Waals surface area contributed by atoms with Gasteiger partial charge in [0.2, 0.25) is 12.7 Å². The van der Waals surface area contributed by atoms with E-state index in [9.17, 15) is 9.59 Å². The van der Waals surface area contributed by atoms with Crippen molar-refractivity contribution in [3.63, 3.8) is 0 Å². The first-order valence-corrected chi connectivity index (χ1v) is 11.1. The molecule has 0 spiro atoms. The zero-order chi connectivity index (χ0) is 22.5. The number of carbonyl (C=O) groups excluding carboxylic acids is 2. The lowest BCUT2D eigenvalue weighted by Gasteiger charge is -2.09. The van der Waals surface area contributed by atoms with Gasteiger partial charge in [0.1, 0.15) is 0 Å². The van der Waals surface area contributed by atoms with Gasteiger partial charge < -0.3 is 24.7 Å². The summed E-state index contributed by atoms with van der Waals surface area (Å²) in [5, 5.41) is 14.7. The van der Waals surface area contributed by atoms with Crippen LogP contribution in [0.25, 0.3) is 0 Å². The highest BCUT2D eigenvalue weighted by atomic mass is 32.2. The zero-order valence-corrected chi connectivity index (χ0v) is 18.6. The Hall–Kier alpha value is -3.53. The van der Waals surface area contributed by atoms with Crippen LogP contribution in [0, 0.1) is 6.92 Å². The molecule has 4 rings (SSSR count). The molecule has 3 aromatic rings. The summed E-state index contributed by atoms with van der Waals surface area (Å²) in [4.78, 5) is 24.8. The summed E-state index contributed by atoms with van der Waals surface area (Å²) in [5.41, 5.74) is 2.26. The highest BCUT2D eigenvalue weighted by Crippen LogP contribution is 2.34. The van der Waals surface area contributed by atoms with Crippen LogP contribution in [0.2, 0.25) is 0 Å². The molecule has 2 heterocycles. The predicted octanol–water partition coefficient (Wildman–Crippen LogP) is 3.00. The van der Waals surface area contributed by atoms with Gasteiger partial charge in [0.15, 0.2) is 22.5 Å². The maximum atomic E-state index is 12.4. The Labute approximate surface area is 189 Å². The highest BCUT2D eigenvalue weighted by molar-refractivity contribution is 7.99. The number of ether oxygens (including phenoxy) is 2. The molecule has 0 fully saturated rings. The Bertz CT molecular complexity index is 1150. The van der Waals surface area contributed by atoms with Gasteiger partial charge in [-0.05, 0) is 38.1 Å². The zero-order valence-electron chi connectivity index (χ0n) is 17.8. The number of hydrogen-bond donors (Lipinski definition) is 2. The van der Waals surface area contributed by atoms with Crippen LogP contribution >= 0.6 is 11.8 Å². The highest BCUT2D eigenvalue weighted by Gasteiger charge is 2.16. The van der Waals surface area contributed by atoms with E-state index in [4.69, 9.17) is 9.47 Å². The van der Waals surface area contributed by atoms with Gasteiger partial charge >= 0.3 is 0 Å². The first kappa shape index (κ1) is 21.7. The molecule has 1 aliphatic rings. The average Bonchev–Trinajstić information content (AvgIpc) is 3.42. The minimum atomic E-state index is -0.172. The fourth-order valence-corrected chi connectivity index (χ4v) is 4.04. The molecule has 0 aliphatic carbocycles. The number of aromatic nitrogens is 3. The maximum Gasteiger partial charge on any atom is 0.251 e. The molecule has 9 nitrogen and oxygen atoms in total. The van der Waals surface area contributed by atoms with Crippen LogP contribution in [-0.4, -0.2) is 39.1 Å². The SMILES string of the molecule is CCn1c(CNC(=O)c2cccc(C)c2)nnc1SCC(=O)Nc1ccc2c(c1)OCO2. The molecule has 32 heavy (non-hydrogen) atoms. The van der Waals surface area contributed by atoms with E-state index in [1.165, 1.54) is 11.8 Å². The minimum absolute atomic E-state index is 0.169. The van der Waals surface area contributed by atoms with Crippen molar-refractivity contribution in [1.29, 1.82) is 0 Å². The number of rotatable bonds is 8. The molecule has 0 unspecified atom stereocenters. The van der Waals surface area contributed by atoms with E-state index in [1.54, 1.807) is 24.3 Å². The van der Waals surface area contributed by atoms with E-state index in [1.807, 2.05) is 36.6 Å². The molecule has 2 aromatic carbocycles. The first-order chi connectivity index (χ1) is 15.5. The maximum absolute atomic E-state index is 12.4. The summed E-state index contributed by atoms with van der Waals surface area (Å²) < 4.78 is 12.5. The predicted molar refractivity (Wildman–Crippen MR) is 120 cm³/mol. The second kappa shape index (κ2) is 9.73. The summed E-state index contributed by atoms with van der Waals surface area (Å²) in [6, 6.07) is 12.6. The second-order valence-electron chi connectivity index (χ2n) is 7.10. The molecule has 0 saturated heterocycles. The van der Waals surface area contributed by atoms with Crippen LogP contribution in [0.3, 0.4) is 0 Å². The molecule has 10 heteroatoms. The Morgan fingerprint density at radius 1 is 1.12 bits per heavy atom. The third-order valence-electron chi connectivity index (χ3n) is 4.79. The van der Waals surface area contributed by atoms with Gasteiger partial charge in [-0.2, -0.15) is 0 Å². The van der Waals surface area contributed by atoms with E-state index >= 15 is 0 Å². The number of hydrogen-bond acceptors (Lipinski definition) is 7. The number of amides is 2. The summed E-state index contributed by atoms with van der Waals surface area (Å²) in [7, 11) is 0. The molecule has 166 valence electrons. The van der Waals surface area contributed by atoms with Crippen molar-refractivity contribution in [3.05, 3.63) is 59.4 Å². The van der Waals surface area contributed by atoms with Gasteiger partial charge in [-0.25, -0.2) is 0 Å². The van der Waals surface area contributed by atoms with E-state index in [0.29, 0.717) is 40.3 Å². The lowest BCUT2D eigenvalue weighted by Crippen LogP contribution is -2.25. The number of carbonyl (C=O) groups is 2. The van der Waals surface area contributed by atoms with E-state index in [2.05, 4.69) is 20.8 Å². The number of anilines is 1. The summed E-state index contributed by atoms with van der Waals surface area (Å²) in [6.07, 6.45) is 0. The molecule has 0 atom stereocenters. The molecule has 0 bridgehead atoms. The number of aryl methyl sites for hydroxylation is 1. The van der Waals surface area contributed by atoms with E-state index in [-0.39, 0.29) is 30.9 Å². The van der Waals surface area contributed by atoms with Crippen molar-refractivity contribution in [2.45, 2.75) is 32.1 Å². The third-order valence-corrected chi connectivity index (χ3v) is 5.75. The molecular weight excluding hydrogens is 430 g/mol. The fourth-order valence-electron chi connectivity index (χ4n) is 3.22. The van der Waals surface area contributed by atoms with Crippen LogP contribution in [-0.2, 0) is 17.9 Å². The second-order valence-corrected chi connectivity index (χ2v) is 8.04. The van der Waals surface area contributed by atoms with Crippen LogP contribution in [0.5, 0.6) is 11.5 Å². The molecule has 1 aromatic heterocycles. The Morgan fingerprint density at radius 3 is 2.78 bits per heavy atom. The van der Waals surface area contributed by atoms with Crippen molar-refractivity contribution in [1.82, 2.24) is 20.1 Å². The van der Waals surface area contributed by atoms with Crippen molar-refractivity contribution in [2.24, 2.45) is 0 Å². The number of thioether (sulfide) groups is 1. The topological polar surface area (TPSA) is 107 Å². The van der Waals surface area contributed by atoms with Gasteiger partial charge in [0.25, 0.3) is 5.91 Å². The smallest absolute Gasteiger partial charge is 0.251 e. The molecule has 2 amide bonds. The summed E-state index contributed by atoms with van der Waals surface area (Å²) >= 11 is 1.29. The lowest BCUT2D eigenvalue weighted by atomic mass is 10.1. The summed E-state index contributed by atoms with van der Waals surface area (Å²) in [6.45, 7) is 4.96. The van der Waals surface area contributed by atoms with E-state index in [0.717, 1.165) is 5.56 Å². The molecular formula is C22H23N5O4S. The van der Waals surface area contributed by atoms with Gasteiger partial charge in [-0.3, -0.25) is 9.59 Å². The third kappa shape index (κ3) is 5.02. The molecule has 0 radical (unpaired) electrons.